The zero-order valence-corrected chi connectivity index (χ0v) is 16.7. The first-order valence-electron chi connectivity index (χ1n) is 9.77. The van der Waals surface area contributed by atoms with E-state index in [1.807, 2.05) is 6.92 Å². The van der Waals surface area contributed by atoms with Crippen LogP contribution in [0.1, 0.15) is 20.3 Å². The summed E-state index contributed by atoms with van der Waals surface area (Å²) in [6.07, 6.45) is 0.754. The lowest BCUT2D eigenvalue weighted by atomic mass is 10.1. The van der Waals surface area contributed by atoms with Gasteiger partial charge in [0, 0.05) is 39.3 Å². The average Bonchev–Trinajstić information content (AvgIpc) is 2.68. The monoisotopic (exact) mass is 380 g/mol. The Morgan fingerprint density at radius 3 is 2.70 bits per heavy atom. The van der Waals surface area contributed by atoms with Gasteiger partial charge in [0.1, 0.15) is 17.7 Å². The molecule has 0 aliphatic carbocycles. The number of hydrogen-bond donors (Lipinski definition) is 2. The van der Waals surface area contributed by atoms with Crippen LogP contribution in [0.3, 0.4) is 0 Å². The lowest BCUT2D eigenvalue weighted by molar-refractivity contribution is 0.0320. The Kier molecular flexibility index (Phi) is 9.35. The first-order valence-corrected chi connectivity index (χ1v) is 9.77. The van der Waals surface area contributed by atoms with Crippen molar-refractivity contribution in [2.45, 2.75) is 26.4 Å². The van der Waals surface area contributed by atoms with Crippen LogP contribution in [-0.4, -0.2) is 69.9 Å². The number of morpholine rings is 1. The summed E-state index contributed by atoms with van der Waals surface area (Å²) in [5, 5.41) is 6.68. The van der Waals surface area contributed by atoms with Gasteiger partial charge in [-0.3, -0.25) is 9.89 Å². The minimum Gasteiger partial charge on any atom is -0.489 e. The highest BCUT2D eigenvalue weighted by Gasteiger charge is 2.14. The van der Waals surface area contributed by atoms with Crippen LogP contribution in [0.15, 0.2) is 29.3 Å². The second-order valence-electron chi connectivity index (χ2n) is 6.96. The van der Waals surface area contributed by atoms with Crippen molar-refractivity contribution in [2.24, 2.45) is 10.9 Å². The maximum absolute atomic E-state index is 13.3. The maximum Gasteiger partial charge on any atom is 0.191 e. The summed E-state index contributed by atoms with van der Waals surface area (Å²) < 4.78 is 24.6. The predicted octanol–water partition coefficient (Wildman–Crippen LogP) is 2.12. The molecule has 0 amide bonds. The normalized spacial score (nSPS) is 18.0. The minimum absolute atomic E-state index is 0.0591. The Bertz CT molecular complexity index is 579. The molecule has 1 saturated heterocycles. The molecule has 0 aromatic heterocycles. The van der Waals surface area contributed by atoms with E-state index in [0.717, 1.165) is 51.8 Å². The Balaban J connectivity index is 1.71. The summed E-state index contributed by atoms with van der Waals surface area (Å²) >= 11 is 0. The lowest BCUT2D eigenvalue weighted by Crippen LogP contribution is -2.45. The van der Waals surface area contributed by atoms with Gasteiger partial charge in [0.25, 0.3) is 0 Å². The summed E-state index contributed by atoms with van der Waals surface area (Å²) in [6.45, 7) is 10.4. The Labute approximate surface area is 162 Å². The second kappa shape index (κ2) is 11.8. The van der Waals surface area contributed by atoms with E-state index in [0.29, 0.717) is 18.2 Å². The predicted molar refractivity (Wildman–Crippen MR) is 107 cm³/mol. The Morgan fingerprint density at radius 1 is 1.30 bits per heavy atom. The molecule has 1 fully saturated rings. The van der Waals surface area contributed by atoms with Gasteiger partial charge < -0.3 is 20.1 Å². The smallest absolute Gasteiger partial charge is 0.191 e. The maximum atomic E-state index is 13.3. The molecular weight excluding hydrogens is 347 g/mol. The molecule has 6 nitrogen and oxygen atoms in total. The third kappa shape index (κ3) is 8.13. The highest BCUT2D eigenvalue weighted by atomic mass is 19.1. The van der Waals surface area contributed by atoms with E-state index in [2.05, 4.69) is 27.4 Å². The summed E-state index contributed by atoms with van der Waals surface area (Å²) in [4.78, 5) is 6.72. The summed E-state index contributed by atoms with van der Waals surface area (Å²) in [5.41, 5.74) is 0. The molecule has 7 heteroatoms. The number of guanidine groups is 1. The van der Waals surface area contributed by atoms with Gasteiger partial charge in [0.2, 0.25) is 0 Å². The quantitative estimate of drug-likeness (QED) is 0.508. The van der Waals surface area contributed by atoms with Crippen molar-refractivity contribution >= 4 is 5.96 Å². The fourth-order valence-corrected chi connectivity index (χ4v) is 2.99. The largest absolute Gasteiger partial charge is 0.489 e. The van der Waals surface area contributed by atoms with E-state index in [1.165, 1.54) is 12.1 Å². The number of benzene rings is 1. The van der Waals surface area contributed by atoms with Crippen LogP contribution in [0.5, 0.6) is 5.75 Å². The van der Waals surface area contributed by atoms with E-state index in [-0.39, 0.29) is 11.9 Å². The number of hydrogen-bond acceptors (Lipinski definition) is 4. The molecule has 0 radical (unpaired) electrons. The molecule has 1 aromatic carbocycles. The van der Waals surface area contributed by atoms with Crippen LogP contribution >= 0.6 is 0 Å². The van der Waals surface area contributed by atoms with Gasteiger partial charge in [-0.25, -0.2) is 4.39 Å². The highest BCUT2D eigenvalue weighted by molar-refractivity contribution is 5.79. The van der Waals surface area contributed by atoms with Gasteiger partial charge in [-0.05, 0) is 24.5 Å². The minimum atomic E-state index is -0.290. The molecule has 1 aliphatic rings. The van der Waals surface area contributed by atoms with Crippen LogP contribution in [-0.2, 0) is 4.74 Å². The Morgan fingerprint density at radius 2 is 2.04 bits per heavy atom. The van der Waals surface area contributed by atoms with Crippen LogP contribution in [0, 0.1) is 11.7 Å². The topological polar surface area (TPSA) is 58.1 Å². The van der Waals surface area contributed by atoms with Crippen molar-refractivity contribution in [3.8, 4) is 5.75 Å². The molecule has 1 aromatic rings. The van der Waals surface area contributed by atoms with E-state index < -0.39 is 0 Å². The fourth-order valence-electron chi connectivity index (χ4n) is 2.99. The molecular formula is C20H33FN4O2. The van der Waals surface area contributed by atoms with Crippen molar-refractivity contribution in [3.63, 3.8) is 0 Å². The SMILES string of the molecule is CCC(CNC(=NC)NCC(C)CN1CCOCC1)Oc1cccc(F)c1. The molecule has 1 aliphatic heterocycles. The zero-order valence-electron chi connectivity index (χ0n) is 16.7. The summed E-state index contributed by atoms with van der Waals surface area (Å²) in [5.74, 6) is 1.52. The summed E-state index contributed by atoms with van der Waals surface area (Å²) in [6, 6.07) is 6.24. The number of rotatable bonds is 9. The molecule has 2 N–H and O–H groups in total. The average molecular weight is 381 g/mol. The molecule has 2 atom stereocenters. The van der Waals surface area contributed by atoms with E-state index in [1.54, 1.807) is 19.2 Å². The molecule has 1 heterocycles. The summed E-state index contributed by atoms with van der Waals surface area (Å²) in [7, 11) is 1.76. The van der Waals surface area contributed by atoms with E-state index in [4.69, 9.17) is 9.47 Å². The third-order valence-corrected chi connectivity index (χ3v) is 4.57. The van der Waals surface area contributed by atoms with Crippen molar-refractivity contribution in [1.82, 2.24) is 15.5 Å². The Hall–Kier alpha value is -1.86. The zero-order chi connectivity index (χ0) is 19.5. The number of nitrogens with zero attached hydrogens (tertiary/aromatic N) is 2. The molecule has 152 valence electrons. The number of nitrogens with one attached hydrogen (secondary N) is 2. The number of aliphatic imine (C=N–C) groups is 1. The van der Waals surface area contributed by atoms with Gasteiger partial charge >= 0.3 is 0 Å². The van der Waals surface area contributed by atoms with Crippen molar-refractivity contribution in [1.29, 1.82) is 0 Å². The van der Waals surface area contributed by atoms with Gasteiger partial charge in [-0.15, -0.1) is 0 Å². The first kappa shape index (κ1) is 21.4. The van der Waals surface area contributed by atoms with E-state index in [9.17, 15) is 4.39 Å². The van der Waals surface area contributed by atoms with Crippen LogP contribution in [0.25, 0.3) is 0 Å². The van der Waals surface area contributed by atoms with E-state index >= 15 is 0 Å². The van der Waals surface area contributed by atoms with Crippen LogP contribution < -0.4 is 15.4 Å². The van der Waals surface area contributed by atoms with Gasteiger partial charge in [-0.1, -0.05) is 19.9 Å². The van der Waals surface area contributed by atoms with Gasteiger partial charge in [0.15, 0.2) is 5.96 Å². The molecule has 0 spiro atoms. The lowest BCUT2D eigenvalue weighted by Gasteiger charge is -2.29. The molecule has 0 saturated carbocycles. The molecule has 0 bridgehead atoms. The van der Waals surface area contributed by atoms with Crippen LogP contribution in [0.2, 0.25) is 0 Å². The number of halogens is 1. The van der Waals surface area contributed by atoms with Crippen molar-refractivity contribution < 1.29 is 13.9 Å². The standard InChI is InChI=1S/C20H33FN4O2/c1-4-18(27-19-7-5-6-17(21)12-19)14-24-20(22-3)23-13-16(2)15-25-8-10-26-11-9-25/h5-7,12,16,18H,4,8-11,13-15H2,1-3H3,(H2,22,23,24). The van der Waals surface area contributed by atoms with Crippen molar-refractivity contribution in [3.05, 3.63) is 30.1 Å². The van der Waals surface area contributed by atoms with Crippen LogP contribution in [0.4, 0.5) is 4.39 Å². The number of ether oxygens (including phenoxy) is 2. The fraction of sp³-hybridized carbons (Fsp3) is 0.650. The molecule has 2 unspecified atom stereocenters. The van der Waals surface area contributed by atoms with Crippen molar-refractivity contribution in [2.75, 3.05) is 53.0 Å². The molecule has 27 heavy (non-hydrogen) atoms. The third-order valence-electron chi connectivity index (χ3n) is 4.57. The van der Waals surface area contributed by atoms with Gasteiger partial charge in [-0.2, -0.15) is 0 Å². The molecule has 2 rings (SSSR count). The van der Waals surface area contributed by atoms with Gasteiger partial charge in [0.05, 0.1) is 19.8 Å². The first-order chi connectivity index (χ1) is 13.1. The second-order valence-corrected chi connectivity index (χ2v) is 6.96. The highest BCUT2D eigenvalue weighted by Crippen LogP contribution is 2.14.